The molecule has 4 nitrogen and oxygen atoms in total. The normalized spacial score (nSPS) is 10.9. The molecule has 0 saturated carbocycles. The van der Waals surface area contributed by atoms with Gasteiger partial charge in [-0.1, -0.05) is 0 Å². The fraction of sp³-hybridized carbons (Fsp3) is 0. The van der Waals surface area contributed by atoms with E-state index in [0.29, 0.717) is 26.1 Å². The van der Waals surface area contributed by atoms with Gasteiger partial charge in [-0.3, -0.25) is 0 Å². The lowest BCUT2D eigenvalue weighted by Crippen LogP contribution is -1.94. The van der Waals surface area contributed by atoms with Gasteiger partial charge in [-0.2, -0.15) is 0 Å². The van der Waals surface area contributed by atoms with E-state index in [1.807, 2.05) is 22.6 Å². The van der Waals surface area contributed by atoms with Crippen LogP contribution in [0.25, 0.3) is 22.6 Å². The lowest BCUT2D eigenvalue weighted by Gasteiger charge is -1.98. The molecule has 0 atom stereocenters. The van der Waals surface area contributed by atoms with Crippen LogP contribution in [0.4, 0.5) is 4.39 Å². The standard InChI is InChI=1S/C14H7FINO3/c15-8-2-3-9(10(16)6-8)13-17-11-4-1-7(14(18)19)5-12(11)20-13/h1-6H,(H,18,19). The van der Waals surface area contributed by atoms with Gasteiger partial charge in [0.25, 0.3) is 0 Å². The summed E-state index contributed by atoms with van der Waals surface area (Å²) in [5.41, 5.74) is 1.75. The van der Waals surface area contributed by atoms with Gasteiger partial charge in [0, 0.05) is 3.57 Å². The molecule has 0 radical (unpaired) electrons. The van der Waals surface area contributed by atoms with E-state index in [9.17, 15) is 9.18 Å². The number of aromatic nitrogens is 1. The largest absolute Gasteiger partial charge is 0.478 e. The summed E-state index contributed by atoms with van der Waals surface area (Å²) < 4.78 is 19.3. The first-order valence-corrected chi connectivity index (χ1v) is 6.72. The Hall–Kier alpha value is -1.96. The van der Waals surface area contributed by atoms with Gasteiger partial charge in [-0.05, 0) is 59.0 Å². The van der Waals surface area contributed by atoms with Crippen molar-refractivity contribution in [3.63, 3.8) is 0 Å². The molecule has 1 heterocycles. The molecule has 0 aliphatic carbocycles. The summed E-state index contributed by atoms with van der Waals surface area (Å²) in [5.74, 6) is -1.02. The van der Waals surface area contributed by atoms with Crippen molar-refractivity contribution >= 4 is 39.7 Å². The number of oxazole rings is 1. The molecule has 0 aliphatic rings. The van der Waals surface area contributed by atoms with Crippen molar-refractivity contribution in [3.05, 3.63) is 51.3 Å². The zero-order chi connectivity index (χ0) is 14.3. The van der Waals surface area contributed by atoms with Gasteiger partial charge in [-0.25, -0.2) is 14.2 Å². The average Bonchev–Trinajstić information content (AvgIpc) is 2.80. The maximum absolute atomic E-state index is 13.1. The predicted octanol–water partition coefficient (Wildman–Crippen LogP) is 3.94. The van der Waals surface area contributed by atoms with Gasteiger partial charge >= 0.3 is 5.97 Å². The fourth-order valence-corrected chi connectivity index (χ4v) is 2.54. The second kappa shape index (κ2) is 4.86. The minimum absolute atomic E-state index is 0.133. The third-order valence-electron chi connectivity index (χ3n) is 2.80. The van der Waals surface area contributed by atoms with E-state index in [2.05, 4.69) is 4.98 Å². The number of rotatable bonds is 2. The third-order valence-corrected chi connectivity index (χ3v) is 3.69. The molecule has 0 spiro atoms. The number of aromatic carboxylic acids is 1. The fourth-order valence-electron chi connectivity index (χ4n) is 1.84. The van der Waals surface area contributed by atoms with E-state index in [0.717, 1.165) is 0 Å². The monoisotopic (exact) mass is 383 g/mol. The summed E-state index contributed by atoms with van der Waals surface area (Å²) in [6, 6.07) is 8.77. The Morgan fingerprint density at radius 1 is 1.25 bits per heavy atom. The highest BCUT2D eigenvalue weighted by molar-refractivity contribution is 14.1. The lowest BCUT2D eigenvalue weighted by atomic mass is 10.2. The van der Waals surface area contributed by atoms with Crippen molar-refractivity contribution < 1.29 is 18.7 Å². The minimum Gasteiger partial charge on any atom is -0.478 e. The number of carboxylic acids is 1. The van der Waals surface area contributed by atoms with E-state index in [-0.39, 0.29) is 11.4 Å². The average molecular weight is 383 g/mol. The van der Waals surface area contributed by atoms with Gasteiger partial charge in [0.05, 0.1) is 11.1 Å². The molecule has 6 heteroatoms. The van der Waals surface area contributed by atoms with Crippen LogP contribution in [-0.4, -0.2) is 16.1 Å². The van der Waals surface area contributed by atoms with Crippen molar-refractivity contribution in [1.29, 1.82) is 0 Å². The molecule has 0 saturated heterocycles. The molecule has 1 aromatic heterocycles. The first-order chi connectivity index (χ1) is 9.54. The first kappa shape index (κ1) is 13.0. The molecule has 100 valence electrons. The smallest absolute Gasteiger partial charge is 0.335 e. The maximum Gasteiger partial charge on any atom is 0.335 e. The minimum atomic E-state index is -1.03. The van der Waals surface area contributed by atoms with Crippen LogP contribution < -0.4 is 0 Å². The zero-order valence-electron chi connectivity index (χ0n) is 9.93. The number of benzene rings is 2. The number of fused-ring (bicyclic) bond motifs is 1. The van der Waals surface area contributed by atoms with Gasteiger partial charge in [-0.15, -0.1) is 0 Å². The summed E-state index contributed by atoms with van der Waals surface area (Å²) >= 11 is 2.00. The summed E-state index contributed by atoms with van der Waals surface area (Å²) in [7, 11) is 0. The Morgan fingerprint density at radius 3 is 2.75 bits per heavy atom. The highest BCUT2D eigenvalue weighted by Gasteiger charge is 2.13. The maximum atomic E-state index is 13.1. The summed E-state index contributed by atoms with van der Waals surface area (Å²) in [6.45, 7) is 0. The summed E-state index contributed by atoms with van der Waals surface area (Å²) in [5, 5.41) is 8.94. The Bertz CT molecular complexity index is 828. The molecule has 3 rings (SSSR count). The molecule has 20 heavy (non-hydrogen) atoms. The molecule has 3 aromatic rings. The van der Waals surface area contributed by atoms with Gasteiger partial charge in [0.2, 0.25) is 5.89 Å². The van der Waals surface area contributed by atoms with Crippen molar-refractivity contribution in [2.75, 3.05) is 0 Å². The van der Waals surface area contributed by atoms with Crippen LogP contribution >= 0.6 is 22.6 Å². The highest BCUT2D eigenvalue weighted by Crippen LogP contribution is 2.28. The van der Waals surface area contributed by atoms with E-state index in [1.54, 1.807) is 12.1 Å². The quantitative estimate of drug-likeness (QED) is 0.682. The van der Waals surface area contributed by atoms with Crippen LogP contribution in [0.3, 0.4) is 0 Å². The van der Waals surface area contributed by atoms with Crippen LogP contribution in [0, 0.1) is 9.39 Å². The van der Waals surface area contributed by atoms with E-state index in [4.69, 9.17) is 9.52 Å². The molecule has 1 N–H and O–H groups in total. The topological polar surface area (TPSA) is 63.3 Å². The molecule has 0 unspecified atom stereocenters. The van der Waals surface area contributed by atoms with Crippen LogP contribution in [0.15, 0.2) is 40.8 Å². The molecule has 0 fully saturated rings. The number of halogens is 2. The van der Waals surface area contributed by atoms with Gasteiger partial charge in [0.1, 0.15) is 11.3 Å². The molecule has 0 bridgehead atoms. The van der Waals surface area contributed by atoms with Crippen molar-refractivity contribution in [2.24, 2.45) is 0 Å². The second-order valence-corrected chi connectivity index (χ2v) is 5.29. The van der Waals surface area contributed by atoms with Crippen molar-refractivity contribution in [1.82, 2.24) is 4.98 Å². The summed E-state index contributed by atoms with van der Waals surface area (Å²) in [6.07, 6.45) is 0. The van der Waals surface area contributed by atoms with Crippen LogP contribution in [0.1, 0.15) is 10.4 Å². The van der Waals surface area contributed by atoms with E-state index in [1.165, 1.54) is 24.3 Å². The third kappa shape index (κ3) is 2.26. The predicted molar refractivity (Wildman–Crippen MR) is 79.1 cm³/mol. The highest BCUT2D eigenvalue weighted by atomic mass is 127. The Kier molecular flexibility index (Phi) is 3.17. The lowest BCUT2D eigenvalue weighted by molar-refractivity contribution is 0.0697. The van der Waals surface area contributed by atoms with Crippen LogP contribution in [0.5, 0.6) is 0 Å². The molecule has 0 amide bonds. The number of hydrogen-bond donors (Lipinski definition) is 1. The SMILES string of the molecule is O=C(O)c1ccc2nc(-c3ccc(F)cc3I)oc2c1. The molecular weight excluding hydrogens is 376 g/mol. The first-order valence-electron chi connectivity index (χ1n) is 5.64. The van der Waals surface area contributed by atoms with Crippen molar-refractivity contribution in [3.8, 4) is 11.5 Å². The number of hydrogen-bond acceptors (Lipinski definition) is 3. The Balaban J connectivity index is 2.15. The van der Waals surface area contributed by atoms with Gasteiger partial charge < -0.3 is 9.52 Å². The zero-order valence-corrected chi connectivity index (χ0v) is 12.1. The number of carboxylic acid groups (broad SMARTS) is 1. The number of carbonyl (C=O) groups is 1. The molecule has 2 aromatic carbocycles. The van der Waals surface area contributed by atoms with E-state index >= 15 is 0 Å². The Labute approximate surface area is 126 Å². The van der Waals surface area contributed by atoms with Gasteiger partial charge in [0.15, 0.2) is 5.58 Å². The van der Waals surface area contributed by atoms with E-state index < -0.39 is 5.97 Å². The molecule has 0 aliphatic heterocycles. The second-order valence-electron chi connectivity index (χ2n) is 4.13. The number of nitrogens with zero attached hydrogens (tertiary/aromatic N) is 1. The molecular formula is C14H7FINO3. The van der Waals surface area contributed by atoms with Crippen molar-refractivity contribution in [2.45, 2.75) is 0 Å². The van der Waals surface area contributed by atoms with Crippen LogP contribution in [-0.2, 0) is 0 Å². The Morgan fingerprint density at radius 2 is 2.05 bits per heavy atom. The van der Waals surface area contributed by atoms with Crippen LogP contribution in [0.2, 0.25) is 0 Å². The summed E-state index contributed by atoms with van der Waals surface area (Å²) in [4.78, 5) is 15.2.